The number of carbonyl (C=O) groups is 1. The van der Waals surface area contributed by atoms with Crippen LogP contribution in [0.5, 0.6) is 0 Å². The van der Waals surface area contributed by atoms with E-state index in [2.05, 4.69) is 0 Å². The topological polar surface area (TPSA) is 40.5 Å². The lowest BCUT2D eigenvalue weighted by atomic mass is 10.2. The molecule has 1 aromatic carbocycles. The predicted molar refractivity (Wildman–Crippen MR) is 64.2 cm³/mol. The molecular formula is C12H15ClFNO2. The molecule has 0 saturated heterocycles. The van der Waals surface area contributed by atoms with Crippen LogP contribution in [0.1, 0.15) is 18.4 Å². The standard InChI is InChI=1S/C12H15ClFNO2/c1-15(12(17)6-3-7-16)8-9-10(13)4-2-5-11(9)14/h2,4-5,16H,3,6-8H2,1H3. The third-order valence-corrected chi connectivity index (χ3v) is 2.79. The van der Waals surface area contributed by atoms with Crippen LogP contribution >= 0.6 is 11.6 Å². The Hall–Kier alpha value is -1.13. The summed E-state index contributed by atoms with van der Waals surface area (Å²) in [5, 5.41) is 8.93. The second-order valence-electron chi connectivity index (χ2n) is 3.78. The number of hydrogen-bond donors (Lipinski definition) is 1. The van der Waals surface area contributed by atoms with Gasteiger partial charge in [0.1, 0.15) is 5.82 Å². The summed E-state index contributed by atoms with van der Waals surface area (Å²) in [5.74, 6) is -0.558. The molecule has 94 valence electrons. The first-order chi connectivity index (χ1) is 8.06. The van der Waals surface area contributed by atoms with Crippen LogP contribution in [0.4, 0.5) is 4.39 Å². The zero-order valence-corrected chi connectivity index (χ0v) is 10.4. The van der Waals surface area contributed by atoms with Gasteiger partial charge in [-0.25, -0.2) is 4.39 Å². The molecule has 0 saturated carbocycles. The van der Waals surface area contributed by atoms with Crippen molar-refractivity contribution in [2.75, 3.05) is 13.7 Å². The van der Waals surface area contributed by atoms with Gasteiger partial charge in [0, 0.05) is 37.2 Å². The second-order valence-corrected chi connectivity index (χ2v) is 4.18. The summed E-state index contributed by atoms with van der Waals surface area (Å²) >= 11 is 5.86. The minimum atomic E-state index is -0.417. The summed E-state index contributed by atoms with van der Waals surface area (Å²) in [6.45, 7) is 0.107. The van der Waals surface area contributed by atoms with Gasteiger partial charge in [0.2, 0.25) is 5.91 Å². The Kier molecular flexibility index (Phi) is 5.38. The molecular weight excluding hydrogens is 245 g/mol. The van der Waals surface area contributed by atoms with E-state index in [0.717, 1.165) is 0 Å². The summed E-state index contributed by atoms with van der Waals surface area (Å²) in [6.07, 6.45) is 0.660. The molecule has 1 aromatic rings. The van der Waals surface area contributed by atoms with Gasteiger partial charge in [-0.1, -0.05) is 17.7 Å². The van der Waals surface area contributed by atoms with Crippen molar-refractivity contribution in [3.05, 3.63) is 34.6 Å². The van der Waals surface area contributed by atoms with Gasteiger partial charge in [-0.2, -0.15) is 0 Å². The van der Waals surface area contributed by atoms with E-state index in [0.29, 0.717) is 17.0 Å². The number of carbonyl (C=O) groups excluding carboxylic acids is 1. The molecule has 0 aliphatic heterocycles. The van der Waals surface area contributed by atoms with Gasteiger partial charge in [0.25, 0.3) is 0 Å². The Labute approximate surface area is 105 Å². The first-order valence-electron chi connectivity index (χ1n) is 5.34. The average molecular weight is 260 g/mol. The van der Waals surface area contributed by atoms with Gasteiger partial charge in [0.15, 0.2) is 0 Å². The number of amides is 1. The Balaban J connectivity index is 2.67. The van der Waals surface area contributed by atoms with E-state index in [1.165, 1.54) is 17.0 Å². The van der Waals surface area contributed by atoms with Crippen LogP contribution in [-0.2, 0) is 11.3 Å². The van der Waals surface area contributed by atoms with Crippen molar-refractivity contribution in [1.29, 1.82) is 0 Å². The lowest BCUT2D eigenvalue weighted by Gasteiger charge is -2.18. The molecule has 0 atom stereocenters. The highest BCUT2D eigenvalue weighted by atomic mass is 35.5. The number of benzene rings is 1. The van der Waals surface area contributed by atoms with Gasteiger partial charge >= 0.3 is 0 Å². The van der Waals surface area contributed by atoms with E-state index in [1.807, 2.05) is 0 Å². The summed E-state index contributed by atoms with van der Waals surface area (Å²) in [7, 11) is 1.59. The van der Waals surface area contributed by atoms with Gasteiger partial charge < -0.3 is 10.0 Å². The molecule has 0 spiro atoms. The van der Waals surface area contributed by atoms with Crippen molar-refractivity contribution in [3.63, 3.8) is 0 Å². The highest BCUT2D eigenvalue weighted by Gasteiger charge is 2.13. The summed E-state index contributed by atoms with van der Waals surface area (Å²) in [6, 6.07) is 4.42. The largest absolute Gasteiger partial charge is 0.396 e. The van der Waals surface area contributed by atoms with E-state index in [9.17, 15) is 9.18 Å². The molecule has 0 heterocycles. The maximum Gasteiger partial charge on any atom is 0.222 e. The second kappa shape index (κ2) is 6.57. The third-order valence-electron chi connectivity index (χ3n) is 2.43. The van der Waals surface area contributed by atoms with Crippen molar-refractivity contribution in [3.8, 4) is 0 Å². The molecule has 1 amide bonds. The molecule has 1 rings (SSSR count). The molecule has 17 heavy (non-hydrogen) atoms. The molecule has 1 N–H and O–H groups in total. The van der Waals surface area contributed by atoms with E-state index < -0.39 is 5.82 Å². The van der Waals surface area contributed by atoms with Crippen molar-refractivity contribution in [2.45, 2.75) is 19.4 Å². The van der Waals surface area contributed by atoms with E-state index >= 15 is 0 Å². The minimum Gasteiger partial charge on any atom is -0.396 e. The van der Waals surface area contributed by atoms with Gasteiger partial charge in [-0.15, -0.1) is 0 Å². The molecule has 0 aliphatic carbocycles. The molecule has 3 nitrogen and oxygen atoms in total. The number of rotatable bonds is 5. The van der Waals surface area contributed by atoms with Gasteiger partial charge in [0.05, 0.1) is 0 Å². The fourth-order valence-electron chi connectivity index (χ4n) is 1.43. The molecule has 0 aliphatic rings. The summed E-state index contributed by atoms with van der Waals surface area (Å²) in [4.78, 5) is 13.0. The van der Waals surface area contributed by atoms with Crippen LogP contribution in [0.25, 0.3) is 0 Å². The lowest BCUT2D eigenvalue weighted by molar-refractivity contribution is -0.130. The smallest absolute Gasteiger partial charge is 0.222 e. The number of hydrogen-bond acceptors (Lipinski definition) is 2. The first kappa shape index (κ1) is 13.9. The van der Waals surface area contributed by atoms with Crippen molar-refractivity contribution in [2.24, 2.45) is 0 Å². The van der Waals surface area contributed by atoms with Crippen molar-refractivity contribution < 1.29 is 14.3 Å². The van der Waals surface area contributed by atoms with Crippen LogP contribution in [-0.4, -0.2) is 29.6 Å². The molecule has 0 fully saturated rings. The predicted octanol–water partition coefficient (Wildman–Crippen LogP) is 2.21. The number of halogens is 2. The summed E-state index contributed by atoms with van der Waals surface area (Å²) in [5.41, 5.74) is 0.314. The van der Waals surface area contributed by atoms with Crippen molar-refractivity contribution in [1.82, 2.24) is 4.90 Å². The fourth-order valence-corrected chi connectivity index (χ4v) is 1.65. The molecule has 0 aromatic heterocycles. The highest BCUT2D eigenvalue weighted by molar-refractivity contribution is 6.31. The average Bonchev–Trinajstić information content (AvgIpc) is 2.30. The monoisotopic (exact) mass is 259 g/mol. The third kappa shape index (κ3) is 3.98. The fraction of sp³-hybridized carbons (Fsp3) is 0.417. The quantitative estimate of drug-likeness (QED) is 0.881. The Bertz CT molecular complexity index is 378. The molecule has 5 heteroatoms. The number of aliphatic hydroxyl groups is 1. The van der Waals surface area contributed by atoms with E-state index in [1.54, 1.807) is 13.1 Å². The normalized spacial score (nSPS) is 10.4. The van der Waals surface area contributed by atoms with Crippen LogP contribution < -0.4 is 0 Å². The number of aliphatic hydroxyl groups excluding tert-OH is 1. The molecule has 0 radical (unpaired) electrons. The Morgan fingerprint density at radius 1 is 1.53 bits per heavy atom. The maximum atomic E-state index is 13.5. The number of nitrogens with zero attached hydrogens (tertiary/aromatic N) is 1. The van der Waals surface area contributed by atoms with Crippen LogP contribution in [0, 0.1) is 5.82 Å². The first-order valence-corrected chi connectivity index (χ1v) is 5.71. The lowest BCUT2D eigenvalue weighted by Crippen LogP contribution is -2.26. The van der Waals surface area contributed by atoms with Gasteiger partial charge in [-0.05, 0) is 18.6 Å². The highest BCUT2D eigenvalue weighted by Crippen LogP contribution is 2.20. The Morgan fingerprint density at radius 2 is 2.24 bits per heavy atom. The Morgan fingerprint density at radius 3 is 2.82 bits per heavy atom. The zero-order valence-electron chi connectivity index (χ0n) is 9.62. The van der Waals surface area contributed by atoms with Crippen LogP contribution in [0.3, 0.4) is 0 Å². The molecule has 0 bridgehead atoms. The minimum absolute atomic E-state index is 0.0277. The van der Waals surface area contributed by atoms with Gasteiger partial charge in [-0.3, -0.25) is 4.79 Å². The summed E-state index contributed by atoms with van der Waals surface area (Å²) < 4.78 is 13.5. The zero-order chi connectivity index (χ0) is 12.8. The maximum absolute atomic E-state index is 13.5. The van der Waals surface area contributed by atoms with Crippen LogP contribution in [0.2, 0.25) is 5.02 Å². The SMILES string of the molecule is CN(Cc1c(F)cccc1Cl)C(=O)CCCO. The van der Waals surface area contributed by atoms with Crippen molar-refractivity contribution >= 4 is 17.5 Å². The van der Waals surface area contributed by atoms with Crippen LogP contribution in [0.15, 0.2) is 18.2 Å². The van der Waals surface area contributed by atoms with E-state index in [-0.39, 0.29) is 25.5 Å². The molecule has 0 unspecified atom stereocenters. The van der Waals surface area contributed by atoms with E-state index in [4.69, 9.17) is 16.7 Å².